The summed E-state index contributed by atoms with van der Waals surface area (Å²) in [5.41, 5.74) is 0. The second kappa shape index (κ2) is 10.3. The lowest BCUT2D eigenvalue weighted by molar-refractivity contribution is -0.141. The van der Waals surface area contributed by atoms with Crippen LogP contribution in [0.25, 0.3) is 0 Å². The second-order valence-corrected chi connectivity index (χ2v) is 9.03. The van der Waals surface area contributed by atoms with Gasteiger partial charge >= 0.3 is 12.1 Å². The van der Waals surface area contributed by atoms with E-state index in [2.05, 4.69) is 19.6 Å². The predicted octanol–water partition coefficient (Wildman–Crippen LogP) is -0.232. The standard InChI is InChI=1S/C21H37N5O4/c1-29-20(27)4-5-22-6-8-24(9-7-22)16-19-17-26(21(28)30-19)15-12-23-10-13-25(14-11-23)18-2-3-18/h18-19H,2-17H2,1H3. The molecule has 3 saturated heterocycles. The fourth-order valence-electron chi connectivity index (χ4n) is 4.74. The van der Waals surface area contributed by atoms with Gasteiger partial charge in [0.05, 0.1) is 20.1 Å². The summed E-state index contributed by atoms with van der Waals surface area (Å²) in [7, 11) is 1.43. The minimum absolute atomic E-state index is 0.0363. The number of cyclic esters (lactones) is 1. The summed E-state index contributed by atoms with van der Waals surface area (Å²) < 4.78 is 10.3. The zero-order chi connectivity index (χ0) is 20.9. The number of rotatable bonds is 9. The molecule has 0 N–H and O–H groups in total. The molecule has 0 bridgehead atoms. The molecule has 1 aliphatic carbocycles. The van der Waals surface area contributed by atoms with Crippen molar-refractivity contribution < 1.29 is 19.1 Å². The van der Waals surface area contributed by atoms with Gasteiger partial charge < -0.3 is 19.3 Å². The molecule has 0 aromatic heterocycles. The predicted molar refractivity (Wildman–Crippen MR) is 112 cm³/mol. The smallest absolute Gasteiger partial charge is 0.410 e. The largest absolute Gasteiger partial charge is 0.469 e. The van der Waals surface area contributed by atoms with Crippen LogP contribution in [0.15, 0.2) is 0 Å². The highest BCUT2D eigenvalue weighted by Gasteiger charge is 2.34. The number of methoxy groups -OCH3 is 1. The number of piperazine rings is 2. The summed E-state index contributed by atoms with van der Waals surface area (Å²) in [6.07, 6.45) is 3.01. The van der Waals surface area contributed by atoms with E-state index in [9.17, 15) is 9.59 Å². The van der Waals surface area contributed by atoms with Crippen molar-refractivity contribution in [3.05, 3.63) is 0 Å². The van der Waals surface area contributed by atoms with Crippen LogP contribution in [0, 0.1) is 0 Å². The molecular formula is C21H37N5O4. The third-order valence-corrected chi connectivity index (χ3v) is 6.89. The van der Waals surface area contributed by atoms with E-state index in [0.29, 0.717) is 13.0 Å². The number of carbonyl (C=O) groups excluding carboxylic acids is 2. The molecule has 0 aromatic rings. The molecule has 4 aliphatic rings. The van der Waals surface area contributed by atoms with Gasteiger partial charge in [-0.1, -0.05) is 0 Å². The first-order valence-corrected chi connectivity index (χ1v) is 11.5. The van der Waals surface area contributed by atoms with Crippen LogP contribution in [0.1, 0.15) is 19.3 Å². The number of amides is 1. The minimum Gasteiger partial charge on any atom is -0.469 e. The first kappa shape index (κ1) is 21.8. The van der Waals surface area contributed by atoms with Gasteiger partial charge in [0.1, 0.15) is 6.10 Å². The molecule has 9 heteroatoms. The number of hydrogen-bond donors (Lipinski definition) is 0. The van der Waals surface area contributed by atoms with Crippen molar-refractivity contribution in [3.63, 3.8) is 0 Å². The summed E-state index contributed by atoms with van der Waals surface area (Å²) in [6, 6.07) is 0.858. The van der Waals surface area contributed by atoms with Gasteiger partial charge in [0.15, 0.2) is 0 Å². The van der Waals surface area contributed by atoms with Crippen molar-refractivity contribution in [2.45, 2.75) is 31.4 Å². The van der Waals surface area contributed by atoms with Gasteiger partial charge in [0.2, 0.25) is 0 Å². The Morgan fingerprint density at radius 3 is 2.23 bits per heavy atom. The lowest BCUT2D eigenvalue weighted by Crippen LogP contribution is -2.50. The quantitative estimate of drug-likeness (QED) is 0.471. The number of hydrogen-bond acceptors (Lipinski definition) is 8. The first-order chi connectivity index (χ1) is 14.6. The Hall–Kier alpha value is -1.42. The number of nitrogens with zero attached hydrogens (tertiary/aromatic N) is 5. The Morgan fingerprint density at radius 2 is 1.57 bits per heavy atom. The van der Waals surface area contributed by atoms with Crippen LogP contribution in [0.4, 0.5) is 4.79 Å². The van der Waals surface area contributed by atoms with Gasteiger partial charge in [-0.05, 0) is 12.8 Å². The van der Waals surface area contributed by atoms with Crippen molar-refractivity contribution in [2.24, 2.45) is 0 Å². The van der Waals surface area contributed by atoms with Crippen molar-refractivity contribution in [3.8, 4) is 0 Å². The van der Waals surface area contributed by atoms with E-state index in [-0.39, 0.29) is 18.2 Å². The van der Waals surface area contributed by atoms with E-state index >= 15 is 0 Å². The Bertz CT molecular complexity index is 586. The molecule has 0 radical (unpaired) electrons. The molecule has 1 atom stereocenters. The average Bonchev–Trinajstić information content (AvgIpc) is 3.56. The van der Waals surface area contributed by atoms with Crippen molar-refractivity contribution in [2.75, 3.05) is 92.2 Å². The Balaban J connectivity index is 1.10. The second-order valence-electron chi connectivity index (χ2n) is 9.03. The van der Waals surface area contributed by atoms with E-state index in [1.165, 1.54) is 33.0 Å². The molecule has 0 aromatic carbocycles. The monoisotopic (exact) mass is 423 g/mol. The van der Waals surface area contributed by atoms with Crippen molar-refractivity contribution in [1.29, 1.82) is 0 Å². The summed E-state index contributed by atoms with van der Waals surface area (Å²) in [5.74, 6) is -0.153. The Kier molecular flexibility index (Phi) is 7.45. The summed E-state index contributed by atoms with van der Waals surface area (Å²) in [6.45, 7) is 12.3. The van der Waals surface area contributed by atoms with E-state index < -0.39 is 0 Å². The van der Waals surface area contributed by atoms with Crippen LogP contribution >= 0.6 is 0 Å². The van der Waals surface area contributed by atoms with Gasteiger partial charge in [0.25, 0.3) is 0 Å². The molecule has 0 spiro atoms. The molecule has 4 fully saturated rings. The highest BCUT2D eigenvalue weighted by Crippen LogP contribution is 2.27. The van der Waals surface area contributed by atoms with Crippen LogP contribution in [-0.2, 0) is 14.3 Å². The molecular weight excluding hydrogens is 386 g/mol. The fourth-order valence-corrected chi connectivity index (χ4v) is 4.74. The van der Waals surface area contributed by atoms with Gasteiger partial charge in [-0.15, -0.1) is 0 Å². The lowest BCUT2D eigenvalue weighted by Gasteiger charge is -2.35. The van der Waals surface area contributed by atoms with E-state index in [0.717, 1.165) is 71.5 Å². The topological polar surface area (TPSA) is 68.8 Å². The highest BCUT2D eigenvalue weighted by molar-refractivity contribution is 5.70. The number of carbonyl (C=O) groups is 2. The number of ether oxygens (including phenoxy) is 2. The third kappa shape index (κ3) is 6.06. The van der Waals surface area contributed by atoms with Crippen LogP contribution in [-0.4, -0.2) is 141 Å². The SMILES string of the molecule is COC(=O)CCN1CCN(CC2CN(CCN3CCN(C4CC4)CC3)C(=O)O2)CC1. The van der Waals surface area contributed by atoms with Crippen molar-refractivity contribution >= 4 is 12.1 Å². The molecule has 1 saturated carbocycles. The summed E-state index contributed by atoms with van der Waals surface area (Å²) in [5, 5.41) is 0. The van der Waals surface area contributed by atoms with Gasteiger partial charge in [-0.2, -0.15) is 0 Å². The third-order valence-electron chi connectivity index (χ3n) is 6.89. The first-order valence-electron chi connectivity index (χ1n) is 11.5. The molecule has 3 aliphatic heterocycles. The Labute approximate surface area is 179 Å². The molecule has 9 nitrogen and oxygen atoms in total. The lowest BCUT2D eigenvalue weighted by atomic mass is 10.2. The molecule has 1 amide bonds. The molecule has 3 heterocycles. The van der Waals surface area contributed by atoms with E-state index in [1.54, 1.807) is 0 Å². The summed E-state index contributed by atoms with van der Waals surface area (Å²) >= 11 is 0. The molecule has 170 valence electrons. The zero-order valence-corrected chi connectivity index (χ0v) is 18.3. The van der Waals surface area contributed by atoms with Crippen LogP contribution < -0.4 is 0 Å². The average molecular weight is 424 g/mol. The number of esters is 1. The van der Waals surface area contributed by atoms with Gasteiger partial charge in [-0.3, -0.25) is 19.5 Å². The maximum atomic E-state index is 12.3. The highest BCUT2D eigenvalue weighted by atomic mass is 16.6. The van der Waals surface area contributed by atoms with Crippen LogP contribution in [0.5, 0.6) is 0 Å². The van der Waals surface area contributed by atoms with Crippen molar-refractivity contribution in [1.82, 2.24) is 24.5 Å². The van der Waals surface area contributed by atoms with Crippen LogP contribution in [0.2, 0.25) is 0 Å². The van der Waals surface area contributed by atoms with Crippen LogP contribution in [0.3, 0.4) is 0 Å². The van der Waals surface area contributed by atoms with E-state index in [1.807, 2.05) is 4.90 Å². The molecule has 30 heavy (non-hydrogen) atoms. The normalized spacial score (nSPS) is 27.4. The summed E-state index contributed by atoms with van der Waals surface area (Å²) in [4.78, 5) is 35.2. The maximum Gasteiger partial charge on any atom is 0.410 e. The minimum atomic E-state index is -0.159. The van der Waals surface area contributed by atoms with E-state index in [4.69, 9.17) is 9.47 Å². The molecule has 4 rings (SSSR count). The Morgan fingerprint density at radius 1 is 0.933 bits per heavy atom. The van der Waals surface area contributed by atoms with Gasteiger partial charge in [-0.25, -0.2) is 4.79 Å². The van der Waals surface area contributed by atoms with Gasteiger partial charge in [0, 0.05) is 84.6 Å². The molecule has 1 unspecified atom stereocenters. The maximum absolute atomic E-state index is 12.3. The zero-order valence-electron chi connectivity index (χ0n) is 18.3. The fraction of sp³-hybridized carbons (Fsp3) is 0.905.